The molecular weight excluding hydrogens is 196 g/mol. The molecule has 0 aromatic carbocycles. The van der Waals surface area contributed by atoms with Gasteiger partial charge in [-0.3, -0.25) is 0 Å². The van der Waals surface area contributed by atoms with Crippen LogP contribution in [0.15, 0.2) is 0 Å². The Labute approximate surface area is 102 Å². The van der Waals surface area contributed by atoms with E-state index in [1.54, 1.807) is 0 Å². The molecule has 0 spiro atoms. The van der Waals surface area contributed by atoms with E-state index < -0.39 is 0 Å². The van der Waals surface area contributed by atoms with Crippen molar-refractivity contribution in [3.63, 3.8) is 0 Å². The highest BCUT2D eigenvalue weighted by Gasteiger charge is 2.21. The van der Waals surface area contributed by atoms with Crippen LogP contribution in [-0.4, -0.2) is 37.6 Å². The van der Waals surface area contributed by atoms with Crippen molar-refractivity contribution in [1.29, 1.82) is 0 Å². The number of likely N-dealkylation sites (tertiary alicyclic amines) is 1. The highest BCUT2D eigenvalue weighted by atomic mass is 15.1. The maximum atomic E-state index is 3.71. The summed E-state index contributed by atoms with van der Waals surface area (Å²) in [6.45, 7) is 8.42. The van der Waals surface area contributed by atoms with Crippen molar-refractivity contribution in [2.45, 2.75) is 58.4 Å². The Morgan fingerprint density at radius 3 is 2.81 bits per heavy atom. The quantitative estimate of drug-likeness (QED) is 0.672. The fourth-order valence-electron chi connectivity index (χ4n) is 2.66. The van der Waals surface area contributed by atoms with Crippen LogP contribution in [0.1, 0.15) is 52.4 Å². The number of hydrogen-bond donors (Lipinski definition) is 1. The summed E-state index contributed by atoms with van der Waals surface area (Å²) in [5.74, 6) is 0.866. The van der Waals surface area contributed by atoms with Gasteiger partial charge in [0.2, 0.25) is 0 Å². The molecule has 2 heteroatoms. The SMILES string of the molecule is CCCCCCNC(C)C1CCCN(C)C1. The first kappa shape index (κ1) is 14.0. The molecule has 96 valence electrons. The van der Waals surface area contributed by atoms with Crippen LogP contribution in [0.4, 0.5) is 0 Å². The molecule has 2 atom stereocenters. The molecule has 0 radical (unpaired) electrons. The van der Waals surface area contributed by atoms with Gasteiger partial charge in [0.1, 0.15) is 0 Å². The van der Waals surface area contributed by atoms with E-state index in [4.69, 9.17) is 0 Å². The van der Waals surface area contributed by atoms with E-state index in [0.717, 1.165) is 5.92 Å². The van der Waals surface area contributed by atoms with Gasteiger partial charge in [0.15, 0.2) is 0 Å². The lowest BCUT2D eigenvalue weighted by Crippen LogP contribution is -2.43. The van der Waals surface area contributed by atoms with Gasteiger partial charge in [-0.2, -0.15) is 0 Å². The maximum Gasteiger partial charge on any atom is 0.00792 e. The second kappa shape index (κ2) is 8.08. The minimum Gasteiger partial charge on any atom is -0.314 e. The third kappa shape index (κ3) is 5.31. The number of nitrogens with one attached hydrogen (secondary N) is 1. The number of nitrogens with zero attached hydrogens (tertiary/aromatic N) is 1. The lowest BCUT2D eigenvalue weighted by Gasteiger charge is -2.34. The van der Waals surface area contributed by atoms with Crippen LogP contribution >= 0.6 is 0 Å². The molecular formula is C14H30N2. The first-order valence-electron chi connectivity index (χ1n) is 7.16. The van der Waals surface area contributed by atoms with Crippen LogP contribution in [0.2, 0.25) is 0 Å². The highest BCUT2D eigenvalue weighted by molar-refractivity contribution is 4.78. The van der Waals surface area contributed by atoms with Crippen LogP contribution in [0.25, 0.3) is 0 Å². The van der Waals surface area contributed by atoms with Gasteiger partial charge in [0, 0.05) is 12.6 Å². The molecule has 16 heavy (non-hydrogen) atoms. The molecule has 1 saturated heterocycles. The van der Waals surface area contributed by atoms with E-state index in [9.17, 15) is 0 Å². The number of piperidine rings is 1. The van der Waals surface area contributed by atoms with Crippen molar-refractivity contribution in [2.24, 2.45) is 5.92 Å². The van der Waals surface area contributed by atoms with Gasteiger partial charge in [-0.1, -0.05) is 26.2 Å². The van der Waals surface area contributed by atoms with E-state index in [1.165, 1.54) is 58.2 Å². The molecule has 0 saturated carbocycles. The molecule has 0 aromatic rings. The van der Waals surface area contributed by atoms with Gasteiger partial charge in [-0.15, -0.1) is 0 Å². The van der Waals surface area contributed by atoms with Crippen molar-refractivity contribution < 1.29 is 0 Å². The summed E-state index contributed by atoms with van der Waals surface area (Å²) in [7, 11) is 2.25. The molecule has 0 bridgehead atoms. The predicted molar refractivity (Wildman–Crippen MR) is 71.8 cm³/mol. The van der Waals surface area contributed by atoms with Crippen LogP contribution in [0.5, 0.6) is 0 Å². The molecule has 0 amide bonds. The average molecular weight is 226 g/mol. The topological polar surface area (TPSA) is 15.3 Å². The first-order chi connectivity index (χ1) is 7.74. The minimum atomic E-state index is 0.698. The summed E-state index contributed by atoms with van der Waals surface area (Å²) in [6, 6.07) is 0.698. The van der Waals surface area contributed by atoms with Gasteiger partial charge in [-0.05, 0) is 52.2 Å². The zero-order chi connectivity index (χ0) is 11.8. The Kier molecular flexibility index (Phi) is 7.06. The van der Waals surface area contributed by atoms with Gasteiger partial charge in [0.05, 0.1) is 0 Å². The third-order valence-corrected chi connectivity index (χ3v) is 3.86. The van der Waals surface area contributed by atoms with E-state index in [-0.39, 0.29) is 0 Å². The summed E-state index contributed by atoms with van der Waals surface area (Å²) in [5.41, 5.74) is 0. The van der Waals surface area contributed by atoms with Crippen LogP contribution in [0, 0.1) is 5.92 Å². The lowest BCUT2D eigenvalue weighted by molar-refractivity contribution is 0.179. The van der Waals surface area contributed by atoms with Gasteiger partial charge >= 0.3 is 0 Å². The van der Waals surface area contributed by atoms with Gasteiger partial charge in [0.25, 0.3) is 0 Å². The van der Waals surface area contributed by atoms with Gasteiger partial charge < -0.3 is 10.2 Å². The molecule has 0 aromatic heterocycles. The number of unbranched alkanes of at least 4 members (excludes halogenated alkanes) is 3. The lowest BCUT2D eigenvalue weighted by atomic mass is 9.92. The standard InChI is InChI=1S/C14H30N2/c1-4-5-6-7-10-15-13(2)14-9-8-11-16(3)12-14/h13-15H,4-12H2,1-3H3. The van der Waals surface area contributed by atoms with Crippen LogP contribution < -0.4 is 5.32 Å². The second-order valence-corrected chi connectivity index (χ2v) is 5.47. The van der Waals surface area contributed by atoms with Crippen molar-refractivity contribution in [3.05, 3.63) is 0 Å². The summed E-state index contributed by atoms with van der Waals surface area (Å²) in [4.78, 5) is 2.48. The normalized spacial score (nSPS) is 24.6. The van der Waals surface area contributed by atoms with Crippen molar-refractivity contribution in [2.75, 3.05) is 26.7 Å². The van der Waals surface area contributed by atoms with Gasteiger partial charge in [-0.25, -0.2) is 0 Å². The largest absolute Gasteiger partial charge is 0.314 e. The molecule has 1 N–H and O–H groups in total. The Hall–Kier alpha value is -0.0800. The molecule has 1 rings (SSSR count). The second-order valence-electron chi connectivity index (χ2n) is 5.47. The monoisotopic (exact) mass is 226 g/mol. The average Bonchev–Trinajstić information content (AvgIpc) is 2.28. The summed E-state index contributed by atoms with van der Waals surface area (Å²) in [6.07, 6.45) is 8.25. The summed E-state index contributed by atoms with van der Waals surface area (Å²) < 4.78 is 0. The molecule has 1 aliphatic rings. The van der Waals surface area contributed by atoms with E-state index in [1.807, 2.05) is 0 Å². The minimum absolute atomic E-state index is 0.698. The number of hydrogen-bond acceptors (Lipinski definition) is 2. The Morgan fingerprint density at radius 1 is 1.31 bits per heavy atom. The number of rotatable bonds is 7. The summed E-state index contributed by atoms with van der Waals surface area (Å²) >= 11 is 0. The molecule has 1 aliphatic heterocycles. The molecule has 1 heterocycles. The molecule has 2 nitrogen and oxygen atoms in total. The Morgan fingerprint density at radius 2 is 2.12 bits per heavy atom. The van der Waals surface area contributed by atoms with E-state index in [0.29, 0.717) is 6.04 Å². The zero-order valence-corrected chi connectivity index (χ0v) is 11.5. The molecule has 2 unspecified atom stereocenters. The fraction of sp³-hybridized carbons (Fsp3) is 1.00. The Bertz CT molecular complexity index is 170. The molecule has 0 aliphatic carbocycles. The predicted octanol–water partition coefficient (Wildman–Crippen LogP) is 2.89. The van der Waals surface area contributed by atoms with Crippen molar-refractivity contribution >= 4 is 0 Å². The van der Waals surface area contributed by atoms with Crippen LogP contribution in [-0.2, 0) is 0 Å². The maximum absolute atomic E-state index is 3.71. The van der Waals surface area contributed by atoms with E-state index in [2.05, 4.69) is 31.1 Å². The summed E-state index contributed by atoms with van der Waals surface area (Å²) in [5, 5.41) is 3.71. The smallest absolute Gasteiger partial charge is 0.00792 e. The fourth-order valence-corrected chi connectivity index (χ4v) is 2.66. The first-order valence-corrected chi connectivity index (χ1v) is 7.16. The van der Waals surface area contributed by atoms with E-state index >= 15 is 0 Å². The van der Waals surface area contributed by atoms with Crippen molar-refractivity contribution in [3.8, 4) is 0 Å². The third-order valence-electron chi connectivity index (χ3n) is 3.86. The Balaban J connectivity index is 2.06. The zero-order valence-electron chi connectivity index (χ0n) is 11.5. The van der Waals surface area contributed by atoms with Crippen LogP contribution in [0.3, 0.4) is 0 Å². The molecule has 1 fully saturated rings. The highest BCUT2D eigenvalue weighted by Crippen LogP contribution is 2.18. The van der Waals surface area contributed by atoms with Crippen molar-refractivity contribution in [1.82, 2.24) is 10.2 Å².